The van der Waals surface area contributed by atoms with Crippen LogP contribution in [0.5, 0.6) is 0 Å². The van der Waals surface area contributed by atoms with Gasteiger partial charge in [0.1, 0.15) is 5.78 Å². The first-order chi connectivity index (χ1) is 13.5. The fourth-order valence-corrected chi connectivity index (χ4v) is 4.58. The van der Waals surface area contributed by atoms with Crippen molar-refractivity contribution in [1.29, 1.82) is 0 Å². The summed E-state index contributed by atoms with van der Waals surface area (Å²) >= 11 is 3.55. The second kappa shape index (κ2) is 9.69. The average Bonchev–Trinajstić information content (AvgIpc) is 2.69. The maximum atomic E-state index is 11.3. The van der Waals surface area contributed by atoms with Crippen molar-refractivity contribution < 1.29 is 4.79 Å². The molecule has 1 aliphatic carbocycles. The van der Waals surface area contributed by atoms with Gasteiger partial charge in [-0.1, -0.05) is 45.8 Å². The van der Waals surface area contributed by atoms with Crippen LogP contribution in [0.2, 0.25) is 0 Å². The molecule has 0 saturated heterocycles. The van der Waals surface area contributed by atoms with Crippen LogP contribution in [0.3, 0.4) is 0 Å². The van der Waals surface area contributed by atoms with E-state index in [9.17, 15) is 4.79 Å². The molecule has 0 N–H and O–H groups in total. The second-order valence-electron chi connectivity index (χ2n) is 8.13. The topological polar surface area (TPSA) is 17.1 Å². The Bertz CT molecular complexity index is 874. The number of aryl methyl sites for hydroxylation is 2. The Hall–Kier alpha value is -1.67. The molecular formula is C26H31BrO. The molecule has 1 aliphatic rings. The Balaban J connectivity index is 1.77. The van der Waals surface area contributed by atoms with E-state index in [1.54, 1.807) is 18.1 Å². The highest BCUT2D eigenvalue weighted by Crippen LogP contribution is 2.35. The summed E-state index contributed by atoms with van der Waals surface area (Å²) in [7, 11) is 0. The van der Waals surface area contributed by atoms with Crippen molar-refractivity contribution in [1.82, 2.24) is 0 Å². The zero-order chi connectivity index (χ0) is 20.1. The van der Waals surface area contributed by atoms with Gasteiger partial charge in [-0.05, 0) is 111 Å². The minimum absolute atomic E-state index is 0.269. The van der Waals surface area contributed by atoms with Crippen LogP contribution in [0.1, 0.15) is 73.3 Å². The van der Waals surface area contributed by atoms with Crippen LogP contribution < -0.4 is 0 Å². The molecule has 2 aromatic rings. The van der Waals surface area contributed by atoms with Crippen LogP contribution in [0.4, 0.5) is 0 Å². The van der Waals surface area contributed by atoms with Gasteiger partial charge >= 0.3 is 0 Å². The second-order valence-corrected chi connectivity index (χ2v) is 9.05. The predicted octanol–water partition coefficient (Wildman–Crippen LogP) is 7.55. The van der Waals surface area contributed by atoms with Crippen molar-refractivity contribution in [2.75, 3.05) is 0 Å². The van der Waals surface area contributed by atoms with Crippen LogP contribution in [0, 0.1) is 13.8 Å². The third-order valence-electron chi connectivity index (χ3n) is 6.23. The van der Waals surface area contributed by atoms with Gasteiger partial charge in [-0.25, -0.2) is 0 Å². The number of hydrogen-bond donors (Lipinski definition) is 0. The SMILES string of the molecule is CC(=O)CCc1ccc(CCC2=C(c3ccc(Br)cc3)CCCC2)c(C)c1C. The van der Waals surface area contributed by atoms with E-state index in [0.29, 0.717) is 6.42 Å². The Labute approximate surface area is 178 Å². The van der Waals surface area contributed by atoms with E-state index in [-0.39, 0.29) is 5.78 Å². The van der Waals surface area contributed by atoms with E-state index in [2.05, 4.69) is 66.2 Å². The molecule has 0 spiro atoms. The number of carbonyl (C=O) groups is 1. The molecule has 0 amide bonds. The minimum Gasteiger partial charge on any atom is -0.300 e. The molecule has 0 aliphatic heterocycles. The monoisotopic (exact) mass is 438 g/mol. The number of hydrogen-bond acceptors (Lipinski definition) is 1. The highest BCUT2D eigenvalue weighted by Gasteiger charge is 2.15. The van der Waals surface area contributed by atoms with Gasteiger partial charge in [0, 0.05) is 10.9 Å². The molecule has 2 aromatic carbocycles. The first kappa shape index (κ1) is 21.0. The Kier molecular flexibility index (Phi) is 7.29. The highest BCUT2D eigenvalue weighted by atomic mass is 79.9. The molecule has 0 bridgehead atoms. The van der Waals surface area contributed by atoms with E-state index < -0.39 is 0 Å². The molecular weight excluding hydrogens is 408 g/mol. The zero-order valence-electron chi connectivity index (χ0n) is 17.4. The summed E-state index contributed by atoms with van der Waals surface area (Å²) in [5.74, 6) is 0.269. The number of benzene rings is 2. The Morgan fingerprint density at radius 2 is 1.46 bits per heavy atom. The first-order valence-corrected chi connectivity index (χ1v) is 11.3. The van der Waals surface area contributed by atoms with E-state index in [1.807, 2.05) is 0 Å². The maximum Gasteiger partial charge on any atom is 0.130 e. The standard InChI is InChI=1S/C26H31BrO/c1-18(28)8-9-21-10-11-22(20(3)19(21)2)12-13-23-6-4-5-7-26(23)24-14-16-25(27)17-15-24/h10-11,14-17H,4-9,12-13H2,1-3H3. The molecule has 0 aromatic heterocycles. The first-order valence-electron chi connectivity index (χ1n) is 10.5. The Morgan fingerprint density at radius 3 is 2.11 bits per heavy atom. The van der Waals surface area contributed by atoms with Crippen LogP contribution in [-0.2, 0) is 17.6 Å². The Morgan fingerprint density at radius 1 is 0.857 bits per heavy atom. The molecule has 148 valence electrons. The summed E-state index contributed by atoms with van der Waals surface area (Å²) in [6, 6.07) is 13.4. The van der Waals surface area contributed by atoms with Crippen molar-refractivity contribution in [2.45, 2.75) is 72.1 Å². The van der Waals surface area contributed by atoms with Gasteiger partial charge in [0.2, 0.25) is 0 Å². The predicted molar refractivity (Wildman–Crippen MR) is 123 cm³/mol. The number of Topliss-reactive ketones (excluding diaryl/α,β-unsaturated/α-hetero) is 1. The molecule has 0 saturated carbocycles. The zero-order valence-corrected chi connectivity index (χ0v) is 19.0. The van der Waals surface area contributed by atoms with Crippen LogP contribution in [-0.4, -0.2) is 5.78 Å². The number of ketones is 1. The summed E-state index contributed by atoms with van der Waals surface area (Å²) in [5.41, 5.74) is 10.2. The highest BCUT2D eigenvalue weighted by molar-refractivity contribution is 9.10. The fourth-order valence-electron chi connectivity index (χ4n) is 4.31. The van der Waals surface area contributed by atoms with Gasteiger partial charge in [-0.15, -0.1) is 0 Å². The molecule has 0 unspecified atom stereocenters. The molecule has 28 heavy (non-hydrogen) atoms. The molecule has 0 fully saturated rings. The number of allylic oxidation sites excluding steroid dienone is 2. The lowest BCUT2D eigenvalue weighted by Gasteiger charge is -2.22. The summed E-state index contributed by atoms with van der Waals surface area (Å²) in [6.45, 7) is 6.13. The molecule has 0 heterocycles. The van der Waals surface area contributed by atoms with E-state index >= 15 is 0 Å². The molecule has 2 heteroatoms. The smallest absolute Gasteiger partial charge is 0.130 e. The lowest BCUT2D eigenvalue weighted by atomic mass is 9.84. The lowest BCUT2D eigenvalue weighted by Crippen LogP contribution is -2.04. The molecule has 0 atom stereocenters. The molecule has 3 rings (SSSR count). The number of halogens is 1. The lowest BCUT2D eigenvalue weighted by molar-refractivity contribution is -0.116. The minimum atomic E-state index is 0.269. The van der Waals surface area contributed by atoms with Crippen LogP contribution >= 0.6 is 15.9 Å². The van der Waals surface area contributed by atoms with Crippen molar-refractivity contribution in [3.8, 4) is 0 Å². The van der Waals surface area contributed by atoms with Crippen LogP contribution in [0.15, 0.2) is 46.4 Å². The van der Waals surface area contributed by atoms with Gasteiger partial charge in [-0.2, -0.15) is 0 Å². The van der Waals surface area contributed by atoms with Crippen molar-refractivity contribution >= 4 is 27.3 Å². The van der Waals surface area contributed by atoms with E-state index in [4.69, 9.17) is 0 Å². The molecule has 0 radical (unpaired) electrons. The van der Waals surface area contributed by atoms with Crippen molar-refractivity contribution in [2.24, 2.45) is 0 Å². The summed E-state index contributed by atoms with van der Waals surface area (Å²) in [6.07, 6.45) is 8.83. The number of carbonyl (C=O) groups excluding carboxylic acids is 1. The molecule has 1 nitrogen and oxygen atoms in total. The number of rotatable bonds is 7. The normalized spacial score (nSPS) is 14.4. The van der Waals surface area contributed by atoms with Crippen LogP contribution in [0.25, 0.3) is 5.57 Å². The van der Waals surface area contributed by atoms with Gasteiger partial charge in [0.05, 0.1) is 0 Å². The summed E-state index contributed by atoms with van der Waals surface area (Å²) in [5, 5.41) is 0. The largest absolute Gasteiger partial charge is 0.300 e. The van der Waals surface area contributed by atoms with E-state index in [1.165, 1.54) is 53.5 Å². The van der Waals surface area contributed by atoms with Gasteiger partial charge in [0.25, 0.3) is 0 Å². The average molecular weight is 439 g/mol. The maximum absolute atomic E-state index is 11.3. The summed E-state index contributed by atoms with van der Waals surface area (Å²) in [4.78, 5) is 11.3. The van der Waals surface area contributed by atoms with Gasteiger partial charge < -0.3 is 4.79 Å². The fraction of sp³-hybridized carbons (Fsp3) is 0.423. The quantitative estimate of drug-likeness (QED) is 0.435. The van der Waals surface area contributed by atoms with E-state index in [0.717, 1.165) is 23.7 Å². The van der Waals surface area contributed by atoms with Crippen molar-refractivity contribution in [3.05, 3.63) is 74.3 Å². The summed E-state index contributed by atoms with van der Waals surface area (Å²) < 4.78 is 1.14. The third kappa shape index (κ3) is 5.23. The van der Waals surface area contributed by atoms with Gasteiger partial charge in [0.15, 0.2) is 0 Å². The van der Waals surface area contributed by atoms with Gasteiger partial charge in [-0.3, -0.25) is 0 Å². The van der Waals surface area contributed by atoms with Crippen molar-refractivity contribution in [3.63, 3.8) is 0 Å². The third-order valence-corrected chi connectivity index (χ3v) is 6.76.